The van der Waals surface area contributed by atoms with Gasteiger partial charge in [-0.1, -0.05) is 134 Å². The van der Waals surface area contributed by atoms with Gasteiger partial charge in [-0.15, -0.1) is 0 Å². The molecule has 4 aromatic rings. The van der Waals surface area contributed by atoms with Crippen LogP contribution in [-0.4, -0.2) is 95.6 Å². The summed E-state index contributed by atoms with van der Waals surface area (Å²) >= 11 is 30.1. The van der Waals surface area contributed by atoms with E-state index in [0.717, 1.165) is 33.4 Å². The molecular weight excluding hydrogens is 870 g/mol. The van der Waals surface area contributed by atoms with E-state index in [2.05, 4.69) is 39.8 Å². The summed E-state index contributed by atoms with van der Waals surface area (Å²) in [5.74, 6) is -0.0289. The molecule has 0 bridgehead atoms. The van der Waals surface area contributed by atoms with E-state index in [0.29, 0.717) is 73.3 Å². The quantitative estimate of drug-likeness (QED) is 0.148. The number of nitrogens with zero attached hydrogens (tertiary/aromatic N) is 4. The van der Waals surface area contributed by atoms with E-state index in [1.165, 1.54) is 37.8 Å². The summed E-state index contributed by atoms with van der Waals surface area (Å²) < 4.78 is 0. The van der Waals surface area contributed by atoms with Crippen LogP contribution in [-0.2, 0) is 19.2 Å². The second kappa shape index (κ2) is 20.3. The third kappa shape index (κ3) is 10.5. The molecule has 13 heteroatoms. The van der Waals surface area contributed by atoms with Crippen LogP contribution in [0.1, 0.15) is 75.6 Å². The van der Waals surface area contributed by atoms with Gasteiger partial charge < -0.3 is 19.6 Å². The fraction of sp³-hybridized carbons (Fsp3) is 0.333. The number of piperazine rings is 2. The fourth-order valence-corrected chi connectivity index (χ4v) is 9.93. The second-order valence-corrected chi connectivity index (χ2v) is 18.4. The van der Waals surface area contributed by atoms with Gasteiger partial charge in [0.25, 0.3) is 0 Å². The van der Waals surface area contributed by atoms with Gasteiger partial charge in [-0.3, -0.25) is 19.2 Å². The van der Waals surface area contributed by atoms with E-state index >= 15 is 0 Å². The van der Waals surface area contributed by atoms with Gasteiger partial charge in [0.2, 0.25) is 23.6 Å². The summed E-state index contributed by atoms with van der Waals surface area (Å²) in [5.41, 5.74) is 6.87. The highest BCUT2D eigenvalue weighted by atomic mass is 35.5. The Morgan fingerprint density at radius 2 is 0.836 bits per heavy atom. The fourth-order valence-electron chi connectivity index (χ4n) is 7.77. The first-order valence-corrected chi connectivity index (χ1v) is 22.8. The van der Waals surface area contributed by atoms with Crippen LogP contribution in [0, 0.1) is 0 Å². The van der Waals surface area contributed by atoms with E-state index in [4.69, 9.17) is 46.4 Å². The molecular formula is C48H50Cl4N4O4S. The summed E-state index contributed by atoms with van der Waals surface area (Å²) in [6.45, 7) is 15.3. The van der Waals surface area contributed by atoms with Crippen molar-refractivity contribution in [2.24, 2.45) is 0 Å². The van der Waals surface area contributed by atoms with E-state index in [1.807, 2.05) is 48.5 Å². The van der Waals surface area contributed by atoms with Crippen molar-refractivity contribution in [3.8, 4) is 22.3 Å². The first kappa shape index (κ1) is 46.3. The van der Waals surface area contributed by atoms with Gasteiger partial charge in [-0.25, -0.2) is 0 Å². The molecule has 0 unspecified atom stereocenters. The molecule has 2 fully saturated rings. The molecule has 0 spiro atoms. The molecule has 0 N–H and O–H groups in total. The van der Waals surface area contributed by atoms with E-state index in [9.17, 15) is 19.2 Å². The second-order valence-electron chi connectivity index (χ2n) is 15.8. The number of hydrogen-bond donors (Lipinski definition) is 0. The van der Waals surface area contributed by atoms with Crippen molar-refractivity contribution in [2.45, 2.75) is 63.2 Å². The zero-order valence-electron chi connectivity index (χ0n) is 35.2. The summed E-state index contributed by atoms with van der Waals surface area (Å²) in [7, 11) is 0. The van der Waals surface area contributed by atoms with Crippen LogP contribution in [0.5, 0.6) is 0 Å². The van der Waals surface area contributed by atoms with E-state index < -0.39 is 0 Å². The van der Waals surface area contributed by atoms with Gasteiger partial charge in [0.1, 0.15) is 0 Å². The number of rotatable bonds is 10. The third-order valence-corrected chi connectivity index (χ3v) is 14.3. The maximum absolute atomic E-state index is 13.5. The maximum atomic E-state index is 13.5. The van der Waals surface area contributed by atoms with Crippen LogP contribution in [0.25, 0.3) is 34.4 Å². The Morgan fingerprint density at radius 3 is 1.16 bits per heavy atom. The molecule has 6 rings (SSSR count). The van der Waals surface area contributed by atoms with Crippen LogP contribution >= 0.6 is 58.2 Å². The molecule has 8 nitrogen and oxygen atoms in total. The van der Waals surface area contributed by atoms with E-state index in [-0.39, 0.29) is 55.6 Å². The normalized spacial score (nSPS) is 14.9. The Hall–Kier alpha value is -4.25. The molecule has 2 aliphatic rings. The molecule has 2 aliphatic heterocycles. The van der Waals surface area contributed by atoms with Crippen molar-refractivity contribution in [3.05, 3.63) is 115 Å². The Bertz CT molecular complexity index is 2230. The van der Waals surface area contributed by atoms with Gasteiger partial charge in [-0.2, -0.15) is 0 Å². The van der Waals surface area contributed by atoms with Crippen molar-refractivity contribution >= 4 is 93.9 Å². The van der Waals surface area contributed by atoms with Gasteiger partial charge >= 0.3 is 0 Å². The highest BCUT2D eigenvalue weighted by Crippen LogP contribution is 2.50. The van der Waals surface area contributed by atoms with Crippen molar-refractivity contribution in [1.82, 2.24) is 19.6 Å². The van der Waals surface area contributed by atoms with Crippen LogP contribution in [0.3, 0.4) is 0 Å². The lowest BCUT2D eigenvalue weighted by Gasteiger charge is -2.33. The first-order valence-electron chi connectivity index (χ1n) is 20.4. The predicted octanol–water partition coefficient (Wildman–Crippen LogP) is 11.4. The largest absolute Gasteiger partial charge is 0.339 e. The Labute approximate surface area is 383 Å². The van der Waals surface area contributed by atoms with Gasteiger partial charge in [0.05, 0.1) is 20.1 Å². The highest BCUT2D eigenvalue weighted by molar-refractivity contribution is 7.99. The van der Waals surface area contributed by atoms with E-state index in [1.54, 1.807) is 31.8 Å². The molecule has 2 saturated heterocycles. The van der Waals surface area contributed by atoms with Crippen LogP contribution < -0.4 is 0 Å². The van der Waals surface area contributed by atoms with Gasteiger partial charge in [0.15, 0.2) is 0 Å². The minimum atomic E-state index is -0.182. The minimum Gasteiger partial charge on any atom is -0.339 e. The number of hydrogen-bond acceptors (Lipinski definition) is 5. The highest BCUT2D eigenvalue weighted by Gasteiger charge is 2.26. The summed E-state index contributed by atoms with van der Waals surface area (Å²) in [5, 5.41) is 1.13. The number of halogens is 4. The third-order valence-electron chi connectivity index (χ3n) is 11.2. The predicted molar refractivity (Wildman–Crippen MR) is 252 cm³/mol. The molecule has 0 aliphatic carbocycles. The average molecular weight is 921 g/mol. The smallest absolute Gasteiger partial charge is 0.246 e. The minimum absolute atomic E-state index is 0.00634. The lowest BCUT2D eigenvalue weighted by Crippen LogP contribution is -2.49. The monoisotopic (exact) mass is 918 g/mol. The molecule has 2 heterocycles. The SMILES string of the molecule is CC(=O)N1CCN(C(=O)/C=C/c2c(-c3ccccc3C(C)C)cc(Sc3cc(-c4ccccc4C(C)C)c(/C=C/C(=O)N4CCN(C(C)=O)CC4)c(Cl)c3Cl)c(Cl)c2Cl)CC1. The average Bonchev–Trinajstić information content (AvgIpc) is 3.25. The molecule has 0 atom stereocenters. The summed E-state index contributed by atoms with van der Waals surface area (Å²) in [4.78, 5) is 58.9. The van der Waals surface area contributed by atoms with Crippen molar-refractivity contribution in [2.75, 3.05) is 52.4 Å². The number of carbonyl (C=O) groups excluding carboxylic acids is 4. The summed E-state index contributed by atoms with van der Waals surface area (Å²) in [6.07, 6.45) is 6.50. The van der Waals surface area contributed by atoms with Crippen LogP contribution in [0.2, 0.25) is 20.1 Å². The standard InChI is InChI=1S/C48H50Cl4N4O4S/c1-29(2)33-11-7-9-13-35(33)39-27-41(47(51)45(49)37(39)15-17-43(59)55-23-19-53(20-24-55)31(5)57)61-42-28-40(36-14-10-8-12-34(36)30(3)4)38(46(50)48(42)52)16-18-44(60)56-25-21-54(22-26-56)32(6)58/h7-18,27-30H,19-26H2,1-6H3/b17-15+,18-16+. The van der Waals surface area contributed by atoms with Gasteiger partial charge in [-0.05, 0) is 69.5 Å². The van der Waals surface area contributed by atoms with Crippen LogP contribution in [0.4, 0.5) is 0 Å². The Balaban J connectivity index is 1.43. The summed E-state index contributed by atoms with van der Waals surface area (Å²) in [6, 6.07) is 20.2. The Kier molecular flexibility index (Phi) is 15.4. The van der Waals surface area contributed by atoms with Crippen LogP contribution in [0.15, 0.2) is 82.6 Å². The Morgan fingerprint density at radius 1 is 0.508 bits per heavy atom. The molecule has 320 valence electrons. The molecule has 4 amide bonds. The topological polar surface area (TPSA) is 81.2 Å². The lowest BCUT2D eigenvalue weighted by atomic mass is 9.90. The molecule has 0 radical (unpaired) electrons. The lowest BCUT2D eigenvalue weighted by molar-refractivity contribution is -0.135. The number of benzene rings is 4. The first-order chi connectivity index (χ1) is 29.1. The number of amides is 4. The van der Waals surface area contributed by atoms with Crippen molar-refractivity contribution < 1.29 is 19.2 Å². The van der Waals surface area contributed by atoms with Gasteiger partial charge in [0, 0.05) is 99.3 Å². The van der Waals surface area contributed by atoms with Crippen molar-refractivity contribution in [1.29, 1.82) is 0 Å². The number of carbonyl (C=O) groups is 4. The zero-order chi connectivity index (χ0) is 44.1. The van der Waals surface area contributed by atoms with Crippen molar-refractivity contribution in [3.63, 3.8) is 0 Å². The maximum Gasteiger partial charge on any atom is 0.246 e. The molecule has 0 aromatic heterocycles. The molecule has 0 saturated carbocycles. The zero-order valence-corrected chi connectivity index (χ0v) is 39.1. The molecule has 61 heavy (non-hydrogen) atoms. The molecule has 4 aromatic carbocycles.